The number of hydrogen-bond donors (Lipinski definition) is 2. The monoisotopic (exact) mass is 206 g/mol. The maximum absolute atomic E-state index is 5.80. The van der Waals surface area contributed by atoms with E-state index in [2.05, 4.69) is 29.1 Å². The lowest BCUT2D eigenvalue weighted by Crippen LogP contribution is -2.31. The molecule has 1 aromatic rings. The maximum atomic E-state index is 5.80. The van der Waals surface area contributed by atoms with Crippen molar-refractivity contribution in [3.8, 4) is 0 Å². The highest BCUT2D eigenvalue weighted by Crippen LogP contribution is 2.39. The van der Waals surface area contributed by atoms with Crippen LogP contribution >= 0.6 is 0 Å². The smallest absolute Gasteiger partial charge is 0.152 e. The summed E-state index contributed by atoms with van der Waals surface area (Å²) in [6, 6.07) is 0.467. The quantitative estimate of drug-likeness (QED) is 0.777. The van der Waals surface area contributed by atoms with Gasteiger partial charge in [-0.25, -0.2) is 9.97 Å². The summed E-state index contributed by atoms with van der Waals surface area (Å²) >= 11 is 0. The molecule has 82 valence electrons. The average molecular weight is 206 g/mol. The number of nitrogen functional groups attached to an aromatic ring is 1. The van der Waals surface area contributed by atoms with Gasteiger partial charge in [0.2, 0.25) is 0 Å². The number of rotatable bonds is 2. The van der Waals surface area contributed by atoms with E-state index in [1.54, 1.807) is 6.20 Å². The minimum absolute atomic E-state index is 0.331. The zero-order chi connectivity index (χ0) is 10.9. The summed E-state index contributed by atoms with van der Waals surface area (Å²) in [7, 11) is 0. The molecule has 0 radical (unpaired) electrons. The lowest BCUT2D eigenvalue weighted by molar-refractivity contribution is 0.349. The molecular weight excluding hydrogens is 188 g/mol. The average Bonchev–Trinajstić information content (AvgIpc) is 2.50. The highest BCUT2D eigenvalue weighted by atomic mass is 15.1. The van der Waals surface area contributed by atoms with Gasteiger partial charge in [0.1, 0.15) is 6.33 Å². The van der Waals surface area contributed by atoms with E-state index < -0.39 is 0 Å². The second-order valence-corrected chi connectivity index (χ2v) is 4.90. The van der Waals surface area contributed by atoms with Crippen LogP contribution in [0.1, 0.15) is 33.1 Å². The Morgan fingerprint density at radius 2 is 2.33 bits per heavy atom. The van der Waals surface area contributed by atoms with Crippen LogP contribution in [0.3, 0.4) is 0 Å². The summed E-state index contributed by atoms with van der Waals surface area (Å²) in [5, 5.41) is 3.42. The van der Waals surface area contributed by atoms with Gasteiger partial charge in [0.25, 0.3) is 0 Å². The van der Waals surface area contributed by atoms with Gasteiger partial charge in [0, 0.05) is 6.04 Å². The molecular formula is C11H18N4. The standard InChI is InChI=1S/C11H18N4/c1-11(2)5-3-4-9(11)15-10-8(12)6-13-7-14-10/h6-7,9H,3-5,12H2,1-2H3,(H,13,14,15). The SMILES string of the molecule is CC1(C)CCCC1Nc1ncncc1N. The lowest BCUT2D eigenvalue weighted by Gasteiger charge is -2.28. The predicted molar refractivity (Wildman–Crippen MR) is 61.5 cm³/mol. The van der Waals surface area contributed by atoms with Crippen molar-refractivity contribution in [3.05, 3.63) is 12.5 Å². The van der Waals surface area contributed by atoms with Crippen LogP contribution in [0.2, 0.25) is 0 Å². The summed E-state index contributed by atoms with van der Waals surface area (Å²) in [5.74, 6) is 0.768. The van der Waals surface area contributed by atoms with Gasteiger partial charge in [-0.2, -0.15) is 0 Å². The first-order valence-corrected chi connectivity index (χ1v) is 5.41. The van der Waals surface area contributed by atoms with Gasteiger partial charge in [-0.3, -0.25) is 0 Å². The molecule has 0 amide bonds. The van der Waals surface area contributed by atoms with Gasteiger partial charge in [-0.15, -0.1) is 0 Å². The molecule has 1 heterocycles. The number of anilines is 2. The number of aromatic nitrogens is 2. The number of nitrogens with one attached hydrogen (secondary N) is 1. The zero-order valence-corrected chi connectivity index (χ0v) is 9.33. The highest BCUT2D eigenvalue weighted by Gasteiger charge is 2.34. The molecule has 2 rings (SSSR count). The number of hydrogen-bond acceptors (Lipinski definition) is 4. The third-order valence-electron chi connectivity index (χ3n) is 3.31. The molecule has 1 atom stereocenters. The molecule has 0 aromatic carbocycles. The van der Waals surface area contributed by atoms with Crippen LogP contribution in [-0.4, -0.2) is 16.0 Å². The van der Waals surface area contributed by atoms with Crippen LogP contribution in [0.25, 0.3) is 0 Å². The Bertz CT molecular complexity index is 348. The van der Waals surface area contributed by atoms with Crippen LogP contribution in [0.15, 0.2) is 12.5 Å². The van der Waals surface area contributed by atoms with Crippen molar-refractivity contribution >= 4 is 11.5 Å². The van der Waals surface area contributed by atoms with E-state index in [0.717, 1.165) is 5.82 Å². The fraction of sp³-hybridized carbons (Fsp3) is 0.636. The summed E-state index contributed by atoms with van der Waals surface area (Å²) in [6.45, 7) is 4.57. The second-order valence-electron chi connectivity index (χ2n) is 4.90. The first-order chi connectivity index (χ1) is 7.09. The van der Waals surface area contributed by atoms with E-state index in [9.17, 15) is 0 Å². The molecule has 1 aliphatic rings. The Balaban J connectivity index is 2.12. The van der Waals surface area contributed by atoms with E-state index in [0.29, 0.717) is 17.1 Å². The minimum atomic E-state index is 0.331. The van der Waals surface area contributed by atoms with Crippen LogP contribution in [-0.2, 0) is 0 Å². The van der Waals surface area contributed by atoms with E-state index >= 15 is 0 Å². The Labute approximate surface area is 90.3 Å². The molecule has 0 spiro atoms. The van der Waals surface area contributed by atoms with Crippen molar-refractivity contribution in [2.75, 3.05) is 11.1 Å². The third kappa shape index (κ3) is 2.03. The summed E-state index contributed by atoms with van der Waals surface area (Å²) < 4.78 is 0. The van der Waals surface area contributed by atoms with Gasteiger partial charge in [-0.05, 0) is 18.3 Å². The second kappa shape index (κ2) is 3.68. The molecule has 1 fully saturated rings. The van der Waals surface area contributed by atoms with Crippen LogP contribution in [0, 0.1) is 5.41 Å². The first-order valence-electron chi connectivity index (χ1n) is 5.41. The molecule has 4 nitrogen and oxygen atoms in total. The van der Waals surface area contributed by atoms with Crippen molar-refractivity contribution < 1.29 is 0 Å². The molecule has 15 heavy (non-hydrogen) atoms. The van der Waals surface area contributed by atoms with E-state index in [1.807, 2.05) is 0 Å². The Hall–Kier alpha value is -1.32. The highest BCUT2D eigenvalue weighted by molar-refractivity contribution is 5.59. The van der Waals surface area contributed by atoms with E-state index in [4.69, 9.17) is 5.73 Å². The Morgan fingerprint density at radius 1 is 1.53 bits per heavy atom. The van der Waals surface area contributed by atoms with Crippen molar-refractivity contribution in [2.24, 2.45) is 5.41 Å². The van der Waals surface area contributed by atoms with Gasteiger partial charge in [-0.1, -0.05) is 20.3 Å². The zero-order valence-electron chi connectivity index (χ0n) is 9.33. The number of nitrogens with two attached hydrogens (primary N) is 1. The first kappa shape index (κ1) is 10.2. The molecule has 3 N–H and O–H groups in total. The van der Waals surface area contributed by atoms with E-state index in [1.165, 1.54) is 25.6 Å². The third-order valence-corrected chi connectivity index (χ3v) is 3.31. The summed E-state index contributed by atoms with van der Waals surface area (Å²) in [5.41, 5.74) is 6.76. The molecule has 4 heteroatoms. The van der Waals surface area contributed by atoms with Gasteiger partial charge >= 0.3 is 0 Å². The fourth-order valence-electron chi connectivity index (χ4n) is 2.22. The van der Waals surface area contributed by atoms with Crippen LogP contribution in [0.4, 0.5) is 11.5 Å². The van der Waals surface area contributed by atoms with Crippen molar-refractivity contribution in [3.63, 3.8) is 0 Å². The maximum Gasteiger partial charge on any atom is 0.152 e. The van der Waals surface area contributed by atoms with Crippen LogP contribution < -0.4 is 11.1 Å². The van der Waals surface area contributed by atoms with Crippen molar-refractivity contribution in [2.45, 2.75) is 39.2 Å². The normalized spacial score (nSPS) is 24.0. The molecule has 0 aliphatic heterocycles. The minimum Gasteiger partial charge on any atom is -0.394 e. The van der Waals surface area contributed by atoms with Gasteiger partial charge in [0.05, 0.1) is 11.9 Å². The number of nitrogens with zero attached hydrogens (tertiary/aromatic N) is 2. The molecule has 1 aromatic heterocycles. The molecule has 1 saturated carbocycles. The predicted octanol–water partition coefficient (Wildman–Crippen LogP) is 2.05. The van der Waals surface area contributed by atoms with Crippen LogP contribution in [0.5, 0.6) is 0 Å². The van der Waals surface area contributed by atoms with E-state index in [-0.39, 0.29) is 0 Å². The summed E-state index contributed by atoms with van der Waals surface area (Å²) in [4.78, 5) is 8.04. The van der Waals surface area contributed by atoms with Gasteiger partial charge < -0.3 is 11.1 Å². The Morgan fingerprint density at radius 3 is 2.93 bits per heavy atom. The lowest BCUT2D eigenvalue weighted by atomic mass is 9.87. The Kier molecular flexibility index (Phi) is 2.50. The molecule has 1 unspecified atom stereocenters. The fourth-order valence-corrected chi connectivity index (χ4v) is 2.22. The topological polar surface area (TPSA) is 63.8 Å². The molecule has 0 saturated heterocycles. The van der Waals surface area contributed by atoms with Crippen molar-refractivity contribution in [1.82, 2.24) is 9.97 Å². The largest absolute Gasteiger partial charge is 0.394 e. The summed E-state index contributed by atoms with van der Waals surface area (Å²) in [6.07, 6.45) is 6.89. The van der Waals surface area contributed by atoms with Gasteiger partial charge in [0.15, 0.2) is 5.82 Å². The molecule has 1 aliphatic carbocycles. The van der Waals surface area contributed by atoms with Crippen molar-refractivity contribution in [1.29, 1.82) is 0 Å². The molecule has 0 bridgehead atoms.